The van der Waals surface area contributed by atoms with Gasteiger partial charge in [-0.2, -0.15) is 5.10 Å². The van der Waals surface area contributed by atoms with Crippen LogP contribution in [0.1, 0.15) is 18.9 Å². The number of aryl methyl sites for hydroxylation is 1. The third kappa shape index (κ3) is 3.32. The highest BCUT2D eigenvalue weighted by molar-refractivity contribution is 5.98. The number of hydrogen-bond acceptors (Lipinski definition) is 5. The lowest BCUT2D eigenvalue weighted by Crippen LogP contribution is -2.66. The van der Waals surface area contributed by atoms with E-state index in [9.17, 15) is 9.59 Å². The highest BCUT2D eigenvalue weighted by Crippen LogP contribution is 2.35. The molecule has 4 rings (SSSR count). The van der Waals surface area contributed by atoms with Crippen LogP contribution in [0.25, 0.3) is 0 Å². The summed E-state index contributed by atoms with van der Waals surface area (Å²) < 4.78 is 1.69. The van der Waals surface area contributed by atoms with Crippen molar-refractivity contribution in [2.24, 2.45) is 7.05 Å². The monoisotopic (exact) mass is 368 g/mol. The lowest BCUT2D eigenvalue weighted by atomic mass is 9.92. The summed E-state index contributed by atoms with van der Waals surface area (Å²) in [6.45, 7) is 4.63. The first kappa shape index (κ1) is 17.7. The van der Waals surface area contributed by atoms with E-state index in [1.54, 1.807) is 40.0 Å². The number of hydrogen-bond donors (Lipinski definition) is 0. The van der Waals surface area contributed by atoms with Crippen molar-refractivity contribution in [3.05, 3.63) is 42.5 Å². The number of anilines is 1. The summed E-state index contributed by atoms with van der Waals surface area (Å²) in [5.74, 6) is -0.101. The highest BCUT2D eigenvalue weighted by Gasteiger charge is 2.50. The summed E-state index contributed by atoms with van der Waals surface area (Å²) in [5, 5.41) is 4.19. The Balaban J connectivity index is 1.58. The molecule has 1 spiro atoms. The van der Waals surface area contributed by atoms with Gasteiger partial charge in [-0.15, -0.1) is 0 Å². The number of amides is 2. The largest absolute Gasteiger partial charge is 0.325 e. The van der Waals surface area contributed by atoms with Crippen molar-refractivity contribution in [1.82, 2.24) is 24.6 Å². The number of carbonyl (C=O) groups excluding carboxylic acids is 2. The fourth-order valence-electron chi connectivity index (χ4n) is 4.26. The van der Waals surface area contributed by atoms with Crippen LogP contribution in [0, 0.1) is 0 Å². The van der Waals surface area contributed by atoms with Gasteiger partial charge in [-0.3, -0.25) is 24.2 Å². The van der Waals surface area contributed by atoms with E-state index in [4.69, 9.17) is 0 Å². The normalized spacial score (nSPS) is 23.4. The number of rotatable bonds is 3. The van der Waals surface area contributed by atoms with Crippen LogP contribution >= 0.6 is 0 Å². The van der Waals surface area contributed by atoms with Gasteiger partial charge in [0.25, 0.3) is 0 Å². The molecule has 2 saturated heterocycles. The van der Waals surface area contributed by atoms with E-state index < -0.39 is 0 Å². The summed E-state index contributed by atoms with van der Waals surface area (Å²) in [5.41, 5.74) is 1.63. The Hall–Kier alpha value is -2.74. The average Bonchev–Trinajstić information content (AvgIpc) is 3.24. The zero-order valence-corrected chi connectivity index (χ0v) is 15.7. The van der Waals surface area contributed by atoms with Crippen LogP contribution < -0.4 is 4.90 Å². The second kappa shape index (κ2) is 6.77. The second-order valence-corrected chi connectivity index (χ2v) is 7.50. The molecule has 0 unspecified atom stereocenters. The summed E-state index contributed by atoms with van der Waals surface area (Å²) in [6, 6.07) is 4.03. The Morgan fingerprint density at radius 2 is 2.04 bits per heavy atom. The summed E-state index contributed by atoms with van der Waals surface area (Å²) in [4.78, 5) is 35.0. The molecule has 8 heteroatoms. The van der Waals surface area contributed by atoms with Crippen LogP contribution in [-0.4, -0.2) is 68.1 Å². The molecule has 2 amide bonds. The number of aromatic nitrogens is 3. The van der Waals surface area contributed by atoms with Crippen LogP contribution in [-0.2, 0) is 23.2 Å². The van der Waals surface area contributed by atoms with Crippen LogP contribution in [0.2, 0.25) is 0 Å². The number of carbonyl (C=O) groups is 2. The highest BCUT2D eigenvalue weighted by atomic mass is 16.2. The molecule has 0 aromatic carbocycles. The van der Waals surface area contributed by atoms with Gasteiger partial charge >= 0.3 is 0 Å². The minimum absolute atomic E-state index is 0.0417. The first-order chi connectivity index (χ1) is 13.0. The molecule has 1 atom stereocenters. The second-order valence-electron chi connectivity index (χ2n) is 7.50. The minimum atomic E-state index is -0.359. The third-order valence-corrected chi connectivity index (χ3v) is 5.57. The molecule has 2 aliphatic rings. The number of nitrogens with zero attached hydrogens (tertiary/aromatic N) is 6. The SMILES string of the molecule is CC(=O)N1CC(=O)N(c2cnn(C)c2)C[C@]12CCN(Cc1ccncc1)C2. The Labute approximate surface area is 158 Å². The van der Waals surface area contributed by atoms with E-state index in [-0.39, 0.29) is 23.9 Å². The standard InChI is InChI=1S/C19H24N6O2/c1-15(26)25-12-18(27)24(17-9-21-22(2)11-17)14-19(25)5-8-23(13-19)10-16-3-6-20-7-4-16/h3-4,6-7,9,11H,5,8,10,12-14H2,1-2H3/t19-/m1/s1. The van der Waals surface area contributed by atoms with E-state index in [0.29, 0.717) is 6.54 Å². The van der Waals surface area contributed by atoms with Crippen molar-refractivity contribution < 1.29 is 9.59 Å². The van der Waals surface area contributed by atoms with Gasteiger partial charge in [0.2, 0.25) is 11.8 Å². The summed E-state index contributed by atoms with van der Waals surface area (Å²) >= 11 is 0. The van der Waals surface area contributed by atoms with Gasteiger partial charge in [-0.05, 0) is 24.1 Å². The van der Waals surface area contributed by atoms with Crippen LogP contribution in [0.4, 0.5) is 5.69 Å². The lowest BCUT2D eigenvalue weighted by molar-refractivity contribution is -0.142. The predicted octanol–water partition coefficient (Wildman–Crippen LogP) is 0.655. The van der Waals surface area contributed by atoms with Gasteiger partial charge in [0.15, 0.2) is 0 Å². The fraction of sp³-hybridized carbons (Fsp3) is 0.474. The third-order valence-electron chi connectivity index (χ3n) is 5.57. The smallest absolute Gasteiger partial charge is 0.246 e. The quantitative estimate of drug-likeness (QED) is 0.795. The van der Waals surface area contributed by atoms with Gasteiger partial charge in [0.05, 0.1) is 24.0 Å². The number of likely N-dealkylation sites (tertiary alicyclic amines) is 1. The molecule has 2 fully saturated rings. The topological polar surface area (TPSA) is 74.6 Å². The molecule has 142 valence electrons. The van der Waals surface area contributed by atoms with E-state index in [1.807, 2.05) is 25.4 Å². The molecule has 2 aromatic heterocycles. The zero-order chi connectivity index (χ0) is 19.0. The maximum absolute atomic E-state index is 12.7. The van der Waals surface area contributed by atoms with Gasteiger partial charge in [-0.25, -0.2) is 0 Å². The summed E-state index contributed by atoms with van der Waals surface area (Å²) in [7, 11) is 1.83. The van der Waals surface area contributed by atoms with Crippen LogP contribution in [0.3, 0.4) is 0 Å². The Morgan fingerprint density at radius 3 is 2.70 bits per heavy atom. The van der Waals surface area contributed by atoms with Crippen molar-refractivity contribution in [3.63, 3.8) is 0 Å². The van der Waals surface area contributed by atoms with Gasteiger partial charge < -0.3 is 9.80 Å². The van der Waals surface area contributed by atoms with Crippen molar-refractivity contribution in [1.29, 1.82) is 0 Å². The Bertz CT molecular complexity index is 851. The van der Waals surface area contributed by atoms with E-state index in [2.05, 4.69) is 15.0 Å². The first-order valence-corrected chi connectivity index (χ1v) is 9.15. The molecule has 0 saturated carbocycles. The lowest BCUT2D eigenvalue weighted by Gasteiger charge is -2.48. The van der Waals surface area contributed by atoms with Crippen molar-refractivity contribution in [3.8, 4) is 0 Å². The molecule has 4 heterocycles. The molecule has 2 aliphatic heterocycles. The molecule has 2 aromatic rings. The molecule has 27 heavy (non-hydrogen) atoms. The Kier molecular flexibility index (Phi) is 4.43. The van der Waals surface area contributed by atoms with Crippen LogP contribution in [0.5, 0.6) is 0 Å². The van der Waals surface area contributed by atoms with Crippen molar-refractivity contribution in [2.45, 2.75) is 25.4 Å². The minimum Gasteiger partial charge on any atom is -0.325 e. The zero-order valence-electron chi connectivity index (χ0n) is 15.7. The van der Waals surface area contributed by atoms with E-state index >= 15 is 0 Å². The maximum atomic E-state index is 12.7. The van der Waals surface area contributed by atoms with Crippen LogP contribution in [0.15, 0.2) is 36.9 Å². The van der Waals surface area contributed by atoms with E-state index in [0.717, 1.165) is 31.7 Å². The average molecular weight is 368 g/mol. The molecule has 0 N–H and O–H groups in total. The molecule has 0 aliphatic carbocycles. The van der Waals surface area contributed by atoms with Gasteiger partial charge in [-0.1, -0.05) is 0 Å². The van der Waals surface area contributed by atoms with Gasteiger partial charge in [0.1, 0.15) is 6.54 Å². The van der Waals surface area contributed by atoms with Crippen molar-refractivity contribution in [2.75, 3.05) is 31.1 Å². The number of pyridine rings is 1. The first-order valence-electron chi connectivity index (χ1n) is 9.15. The molecule has 0 radical (unpaired) electrons. The van der Waals surface area contributed by atoms with E-state index in [1.165, 1.54) is 5.56 Å². The molecular weight excluding hydrogens is 344 g/mol. The fourth-order valence-corrected chi connectivity index (χ4v) is 4.26. The maximum Gasteiger partial charge on any atom is 0.246 e. The Morgan fingerprint density at radius 1 is 1.26 bits per heavy atom. The van der Waals surface area contributed by atoms with Crippen molar-refractivity contribution >= 4 is 17.5 Å². The van der Waals surface area contributed by atoms with Gasteiger partial charge in [0, 0.05) is 52.2 Å². The molecular formula is C19H24N6O2. The number of piperazine rings is 1. The summed E-state index contributed by atoms with van der Waals surface area (Å²) in [6.07, 6.45) is 8.00. The molecule has 0 bridgehead atoms. The predicted molar refractivity (Wildman–Crippen MR) is 99.8 cm³/mol. The molecule has 8 nitrogen and oxygen atoms in total.